The molecule has 0 unspecified atom stereocenters. The average molecular weight is 762 g/mol. The van der Waals surface area contributed by atoms with E-state index in [1.54, 1.807) is 6.07 Å². The molecule has 0 bridgehead atoms. The van der Waals surface area contributed by atoms with Crippen LogP contribution >= 0.6 is 0 Å². The summed E-state index contributed by atoms with van der Waals surface area (Å²) in [6.07, 6.45) is 1.52. The minimum Gasteiger partial charge on any atom is -0.507 e. The van der Waals surface area contributed by atoms with Crippen LogP contribution in [0.1, 0.15) is 58.9 Å². The number of benzene rings is 4. The highest BCUT2D eigenvalue weighted by Crippen LogP contribution is 2.47. The Morgan fingerprint density at radius 1 is 0.909 bits per heavy atom. The highest BCUT2D eigenvalue weighted by atomic mass is 28.4. The Morgan fingerprint density at radius 3 is 2.07 bits per heavy atom. The molecule has 10 heteroatoms. The van der Waals surface area contributed by atoms with E-state index in [-0.39, 0.29) is 30.2 Å². The summed E-state index contributed by atoms with van der Waals surface area (Å²) in [5.41, 5.74) is 3.16. The lowest BCUT2D eigenvalue weighted by Crippen LogP contribution is -2.66. The molecule has 1 aliphatic carbocycles. The van der Waals surface area contributed by atoms with Gasteiger partial charge in [-0.3, -0.25) is 9.59 Å². The van der Waals surface area contributed by atoms with Gasteiger partial charge in [-0.1, -0.05) is 130 Å². The summed E-state index contributed by atoms with van der Waals surface area (Å²) in [7, 11) is -1.97. The van der Waals surface area contributed by atoms with Gasteiger partial charge in [-0.25, -0.2) is 4.79 Å². The van der Waals surface area contributed by atoms with Crippen molar-refractivity contribution >= 4 is 53.4 Å². The summed E-state index contributed by atoms with van der Waals surface area (Å²) in [6.45, 7) is 8.09. The first-order valence-corrected chi connectivity index (χ1v) is 20.9. The van der Waals surface area contributed by atoms with Crippen LogP contribution in [-0.4, -0.2) is 72.9 Å². The molecule has 6 rings (SSSR count). The Bertz CT molecular complexity index is 2070. The van der Waals surface area contributed by atoms with Crippen LogP contribution in [0.2, 0.25) is 5.04 Å². The summed E-state index contributed by atoms with van der Waals surface area (Å²) >= 11 is 0. The molecule has 0 aromatic heterocycles. The molecular weight excluding hydrogens is 711 g/mol. The van der Waals surface area contributed by atoms with E-state index >= 15 is 0 Å². The van der Waals surface area contributed by atoms with Gasteiger partial charge in [0.25, 0.3) is 8.32 Å². The van der Waals surface area contributed by atoms with Crippen molar-refractivity contribution in [1.29, 1.82) is 0 Å². The number of phenolic OH excluding ortho intramolecular Hbond substituents is 1. The molecular formula is C45H51NO8Si. The van der Waals surface area contributed by atoms with E-state index in [1.165, 1.54) is 0 Å². The molecule has 0 spiro atoms. The molecule has 3 N–H and O–H groups in total. The van der Waals surface area contributed by atoms with Crippen molar-refractivity contribution in [2.75, 3.05) is 20.3 Å². The third-order valence-corrected chi connectivity index (χ3v) is 16.4. The first-order chi connectivity index (χ1) is 26.4. The predicted molar refractivity (Wildman–Crippen MR) is 216 cm³/mol. The number of phenols is 1. The number of aromatic hydroxyl groups is 1. The summed E-state index contributed by atoms with van der Waals surface area (Å²) < 4.78 is 12.1. The molecule has 0 radical (unpaired) electrons. The van der Waals surface area contributed by atoms with Crippen molar-refractivity contribution in [3.8, 4) is 5.75 Å². The van der Waals surface area contributed by atoms with Crippen molar-refractivity contribution in [2.24, 2.45) is 17.8 Å². The molecule has 2 aliphatic rings. The van der Waals surface area contributed by atoms with E-state index < -0.39 is 56.7 Å². The van der Waals surface area contributed by atoms with Crippen LogP contribution < -0.4 is 10.4 Å². The molecule has 1 fully saturated rings. The second-order valence-corrected chi connectivity index (χ2v) is 19.9. The Balaban J connectivity index is 1.41. The molecule has 55 heavy (non-hydrogen) atoms. The number of allylic oxidation sites excluding steroid dienone is 1. The zero-order chi connectivity index (χ0) is 39.5. The fourth-order valence-corrected chi connectivity index (χ4v) is 13.3. The highest BCUT2D eigenvalue weighted by Gasteiger charge is 2.58. The third-order valence-electron chi connectivity index (χ3n) is 11.5. The van der Waals surface area contributed by atoms with Gasteiger partial charge in [0.05, 0.1) is 38.3 Å². The number of hydrogen-bond acceptors (Lipinski definition) is 8. The smallest absolute Gasteiger partial charge is 0.423 e. The number of aliphatic hydroxyl groups excluding tert-OH is 2. The summed E-state index contributed by atoms with van der Waals surface area (Å²) in [5.74, 6) is -4.08. The number of fused-ring (bicyclic) bond motifs is 2. The largest absolute Gasteiger partial charge is 0.507 e. The maximum atomic E-state index is 13.8. The second kappa shape index (κ2) is 16.5. The minimum atomic E-state index is -3.08. The van der Waals surface area contributed by atoms with Gasteiger partial charge in [-0.15, -0.1) is 0 Å². The number of aliphatic hydroxyl groups is 2. The van der Waals surface area contributed by atoms with Gasteiger partial charge in [0.2, 0.25) is 11.8 Å². The van der Waals surface area contributed by atoms with Crippen LogP contribution in [0, 0.1) is 17.8 Å². The number of rotatable bonds is 12. The Labute approximate surface area is 324 Å². The number of carbonyl (C=O) groups excluding carboxylic acids is 3. The van der Waals surface area contributed by atoms with Crippen molar-refractivity contribution in [3.05, 3.63) is 119 Å². The predicted octanol–water partition coefficient (Wildman–Crippen LogP) is 6.73. The summed E-state index contributed by atoms with van der Waals surface area (Å²) in [4.78, 5) is 40.8. The van der Waals surface area contributed by atoms with Gasteiger partial charge in [0.15, 0.2) is 0 Å². The Hall–Kier alpha value is -4.87. The maximum absolute atomic E-state index is 13.8. The monoisotopic (exact) mass is 761 g/mol. The summed E-state index contributed by atoms with van der Waals surface area (Å²) in [6, 6.07) is 31.5. The molecule has 1 heterocycles. The zero-order valence-electron chi connectivity index (χ0n) is 32.2. The van der Waals surface area contributed by atoms with E-state index in [0.717, 1.165) is 39.4 Å². The van der Waals surface area contributed by atoms with E-state index in [9.17, 15) is 29.7 Å². The number of nitrogens with zero attached hydrogens (tertiary/aromatic N) is 1. The first kappa shape index (κ1) is 39.8. The van der Waals surface area contributed by atoms with E-state index in [1.807, 2.05) is 66.7 Å². The number of carbonyl (C=O) groups is 3. The molecule has 1 saturated heterocycles. The zero-order valence-corrected chi connectivity index (χ0v) is 33.2. The number of methoxy groups -OCH3 is 1. The average Bonchev–Trinajstić information content (AvgIpc) is 3.45. The highest BCUT2D eigenvalue weighted by molar-refractivity contribution is 6.99. The molecule has 288 valence electrons. The number of ether oxygens (including phenoxy) is 1. The van der Waals surface area contributed by atoms with Gasteiger partial charge in [0, 0.05) is 11.3 Å². The quantitative estimate of drug-likeness (QED) is 0.0823. The minimum absolute atomic E-state index is 0.0507. The molecule has 3 amide bonds. The van der Waals surface area contributed by atoms with Crippen LogP contribution in [0.25, 0.3) is 16.8 Å². The standard InChI is InChI=1S/C45H51NO8Si/c1-6-29(25-30-22-24-38(48)35-20-14-13-19-34(30)35)21-23-39(49)40-31(26-36-41(37(40)27-47)43(51)46(42(36)50)44(52)53-5)28-54-55(45(2,3)4,32-15-9-7-10-16-32)33-17-11-8-12-18-33/h7-20,22,24-25,36-37,39,41,47-49H,6,21,23,26-28H2,1-5H3/b29-25+/t36-,37+,39-,41-/m1/s1. The number of amides is 3. The Morgan fingerprint density at radius 2 is 1.51 bits per heavy atom. The molecule has 4 aromatic rings. The Kier molecular flexibility index (Phi) is 11.9. The van der Waals surface area contributed by atoms with E-state index in [4.69, 9.17) is 9.16 Å². The van der Waals surface area contributed by atoms with Gasteiger partial charge < -0.3 is 24.5 Å². The molecule has 9 nitrogen and oxygen atoms in total. The first-order valence-electron chi connectivity index (χ1n) is 19.0. The van der Waals surface area contributed by atoms with E-state index in [0.29, 0.717) is 28.9 Å². The number of hydrogen-bond donors (Lipinski definition) is 3. The van der Waals surface area contributed by atoms with Crippen LogP contribution in [0.3, 0.4) is 0 Å². The van der Waals surface area contributed by atoms with Crippen molar-refractivity contribution in [1.82, 2.24) is 4.90 Å². The molecule has 1 aliphatic heterocycles. The van der Waals surface area contributed by atoms with Crippen LogP contribution in [0.5, 0.6) is 5.75 Å². The van der Waals surface area contributed by atoms with Gasteiger partial charge in [-0.2, -0.15) is 4.90 Å². The lowest BCUT2D eigenvalue weighted by molar-refractivity contribution is -0.137. The van der Waals surface area contributed by atoms with Crippen molar-refractivity contribution in [2.45, 2.75) is 64.5 Å². The van der Waals surface area contributed by atoms with Crippen LogP contribution in [0.4, 0.5) is 4.79 Å². The van der Waals surface area contributed by atoms with Crippen molar-refractivity contribution in [3.63, 3.8) is 0 Å². The third kappa shape index (κ3) is 7.44. The second-order valence-electron chi connectivity index (χ2n) is 15.5. The van der Waals surface area contributed by atoms with Gasteiger partial charge in [-0.05, 0) is 69.3 Å². The lowest BCUT2D eigenvalue weighted by Gasteiger charge is -2.44. The van der Waals surface area contributed by atoms with Crippen molar-refractivity contribution < 1.29 is 38.9 Å². The van der Waals surface area contributed by atoms with E-state index in [2.05, 4.69) is 58.0 Å². The normalized spacial score (nSPS) is 19.9. The molecule has 4 atom stereocenters. The fourth-order valence-electron chi connectivity index (χ4n) is 8.80. The SMILES string of the molecule is CC/C(=C\c1ccc(O)c2ccccc12)CC[C@@H](O)C1=C(CO[Si](c2ccccc2)(c2ccccc2)C(C)(C)C)C[C@H]2C(=O)N(C(=O)OC)C(=O)[C@H]2[C@H]1CO. The van der Waals surface area contributed by atoms with Gasteiger partial charge >= 0.3 is 6.09 Å². The van der Waals surface area contributed by atoms with Crippen LogP contribution in [-0.2, 0) is 18.8 Å². The number of imide groups is 3. The summed E-state index contributed by atoms with van der Waals surface area (Å²) in [5, 5.41) is 37.1. The molecule has 4 aromatic carbocycles. The van der Waals surface area contributed by atoms with Gasteiger partial charge in [0.1, 0.15) is 5.75 Å². The number of likely N-dealkylation sites (tertiary alicyclic amines) is 1. The van der Waals surface area contributed by atoms with Crippen LogP contribution in [0.15, 0.2) is 114 Å². The topological polar surface area (TPSA) is 134 Å². The molecule has 0 saturated carbocycles. The fraction of sp³-hybridized carbons (Fsp3) is 0.356. The lowest BCUT2D eigenvalue weighted by atomic mass is 9.68. The maximum Gasteiger partial charge on any atom is 0.423 e.